The molecule has 1 atom stereocenters. The summed E-state index contributed by atoms with van der Waals surface area (Å²) in [5.41, 5.74) is 0.465. The van der Waals surface area contributed by atoms with Crippen LogP contribution in [-0.4, -0.2) is 25.2 Å². The largest absolute Gasteiger partial charge is 0.315 e. The number of hydrogen-bond acceptors (Lipinski definition) is 2. The van der Waals surface area contributed by atoms with Crippen molar-refractivity contribution in [1.82, 2.24) is 10.6 Å². The third-order valence-corrected chi connectivity index (χ3v) is 3.55. The van der Waals surface area contributed by atoms with E-state index in [0.717, 1.165) is 0 Å². The Hall–Kier alpha value is -0.0800. The second-order valence-electron chi connectivity index (χ2n) is 4.65. The predicted molar refractivity (Wildman–Crippen MR) is 55.9 cm³/mol. The molecule has 0 aromatic heterocycles. The Morgan fingerprint density at radius 3 is 2.46 bits per heavy atom. The third kappa shape index (κ3) is 2.44. The van der Waals surface area contributed by atoms with Crippen LogP contribution in [-0.2, 0) is 0 Å². The fraction of sp³-hybridized carbons (Fsp3) is 1.00. The molecule has 0 bridgehead atoms. The van der Waals surface area contributed by atoms with E-state index < -0.39 is 0 Å². The summed E-state index contributed by atoms with van der Waals surface area (Å²) >= 11 is 0. The van der Waals surface area contributed by atoms with Crippen molar-refractivity contribution in [1.29, 1.82) is 0 Å². The Labute approximate surface area is 81.5 Å². The van der Waals surface area contributed by atoms with Gasteiger partial charge in [0.2, 0.25) is 0 Å². The molecule has 76 valence electrons. The summed E-state index contributed by atoms with van der Waals surface area (Å²) in [4.78, 5) is 0. The quantitative estimate of drug-likeness (QED) is 0.595. The summed E-state index contributed by atoms with van der Waals surface area (Å²) in [6.07, 6.45) is 9.77. The van der Waals surface area contributed by atoms with Crippen LogP contribution in [0.15, 0.2) is 0 Å². The molecule has 0 saturated carbocycles. The summed E-state index contributed by atoms with van der Waals surface area (Å²) < 4.78 is 0. The van der Waals surface area contributed by atoms with E-state index in [4.69, 9.17) is 0 Å². The summed E-state index contributed by atoms with van der Waals surface area (Å²) in [6.45, 7) is 3.66. The average molecular weight is 182 g/mol. The van der Waals surface area contributed by atoms with Gasteiger partial charge in [0.05, 0.1) is 0 Å². The first-order valence-electron chi connectivity index (χ1n) is 5.87. The molecule has 0 aromatic carbocycles. The van der Waals surface area contributed by atoms with Crippen LogP contribution < -0.4 is 10.6 Å². The standard InChI is InChI=1S/C11H22N2/c1-2-6-11(13-9-4-1)7-3-5-8-12-10-11/h12-13H,1-10H2/t11-/m1/s1. The molecule has 1 spiro atoms. The van der Waals surface area contributed by atoms with Gasteiger partial charge in [-0.1, -0.05) is 19.3 Å². The SMILES string of the molecule is C1CCN[C@]2(CC1)CCCCNC2. The van der Waals surface area contributed by atoms with Crippen LogP contribution in [0.5, 0.6) is 0 Å². The maximum atomic E-state index is 3.77. The minimum absolute atomic E-state index is 0.465. The predicted octanol–water partition coefficient (Wildman–Crippen LogP) is 1.66. The Morgan fingerprint density at radius 1 is 0.769 bits per heavy atom. The first-order valence-corrected chi connectivity index (χ1v) is 5.87. The molecule has 2 heterocycles. The van der Waals surface area contributed by atoms with E-state index in [0.29, 0.717) is 5.54 Å². The van der Waals surface area contributed by atoms with Crippen LogP contribution in [0, 0.1) is 0 Å². The number of nitrogens with one attached hydrogen (secondary N) is 2. The van der Waals surface area contributed by atoms with E-state index in [2.05, 4.69) is 10.6 Å². The zero-order valence-corrected chi connectivity index (χ0v) is 8.57. The van der Waals surface area contributed by atoms with Gasteiger partial charge in [-0.2, -0.15) is 0 Å². The molecule has 0 radical (unpaired) electrons. The van der Waals surface area contributed by atoms with Gasteiger partial charge < -0.3 is 10.6 Å². The van der Waals surface area contributed by atoms with Crippen LogP contribution in [0.3, 0.4) is 0 Å². The van der Waals surface area contributed by atoms with Gasteiger partial charge in [-0.25, -0.2) is 0 Å². The van der Waals surface area contributed by atoms with E-state index in [-0.39, 0.29) is 0 Å². The topological polar surface area (TPSA) is 24.1 Å². The highest BCUT2D eigenvalue weighted by Gasteiger charge is 2.30. The molecule has 2 nitrogen and oxygen atoms in total. The van der Waals surface area contributed by atoms with Crippen molar-refractivity contribution >= 4 is 0 Å². The van der Waals surface area contributed by atoms with Crippen LogP contribution in [0.25, 0.3) is 0 Å². The van der Waals surface area contributed by atoms with Gasteiger partial charge in [0.1, 0.15) is 0 Å². The van der Waals surface area contributed by atoms with Gasteiger partial charge in [0.15, 0.2) is 0 Å². The lowest BCUT2D eigenvalue weighted by molar-refractivity contribution is 0.293. The Kier molecular flexibility index (Phi) is 3.23. The van der Waals surface area contributed by atoms with Crippen molar-refractivity contribution < 1.29 is 0 Å². The lowest BCUT2D eigenvalue weighted by Gasteiger charge is -2.32. The van der Waals surface area contributed by atoms with Crippen molar-refractivity contribution in [2.45, 2.75) is 50.5 Å². The van der Waals surface area contributed by atoms with Gasteiger partial charge in [-0.05, 0) is 38.8 Å². The van der Waals surface area contributed by atoms with Gasteiger partial charge in [0.25, 0.3) is 0 Å². The molecule has 2 aliphatic heterocycles. The second-order valence-corrected chi connectivity index (χ2v) is 4.65. The van der Waals surface area contributed by atoms with Gasteiger partial charge in [-0.15, -0.1) is 0 Å². The van der Waals surface area contributed by atoms with Crippen molar-refractivity contribution in [2.75, 3.05) is 19.6 Å². The molecule has 0 aliphatic carbocycles. The van der Waals surface area contributed by atoms with Crippen LogP contribution >= 0.6 is 0 Å². The molecule has 0 unspecified atom stereocenters. The maximum absolute atomic E-state index is 3.77. The zero-order chi connectivity index (χ0) is 8.99. The van der Waals surface area contributed by atoms with Crippen LogP contribution in [0.1, 0.15) is 44.9 Å². The Bertz CT molecular complexity index is 119. The highest BCUT2D eigenvalue weighted by atomic mass is 15.0. The van der Waals surface area contributed by atoms with Gasteiger partial charge in [0, 0.05) is 12.1 Å². The summed E-state index contributed by atoms with van der Waals surface area (Å²) in [7, 11) is 0. The zero-order valence-electron chi connectivity index (χ0n) is 8.57. The monoisotopic (exact) mass is 182 g/mol. The molecule has 2 N–H and O–H groups in total. The van der Waals surface area contributed by atoms with Crippen molar-refractivity contribution in [2.24, 2.45) is 0 Å². The molecule has 2 heteroatoms. The van der Waals surface area contributed by atoms with E-state index in [1.165, 1.54) is 64.6 Å². The molecule has 2 saturated heterocycles. The van der Waals surface area contributed by atoms with Crippen molar-refractivity contribution in [3.05, 3.63) is 0 Å². The lowest BCUT2D eigenvalue weighted by Crippen LogP contribution is -2.50. The van der Waals surface area contributed by atoms with E-state index in [1.54, 1.807) is 0 Å². The molecule has 2 fully saturated rings. The second kappa shape index (κ2) is 4.43. The number of rotatable bonds is 0. The Balaban J connectivity index is 1.97. The van der Waals surface area contributed by atoms with Crippen LogP contribution in [0.2, 0.25) is 0 Å². The minimum Gasteiger partial charge on any atom is -0.315 e. The molecule has 0 amide bonds. The lowest BCUT2D eigenvalue weighted by atomic mass is 9.89. The molecular formula is C11H22N2. The molecule has 13 heavy (non-hydrogen) atoms. The third-order valence-electron chi connectivity index (χ3n) is 3.55. The minimum atomic E-state index is 0.465. The van der Waals surface area contributed by atoms with E-state index >= 15 is 0 Å². The summed E-state index contributed by atoms with van der Waals surface area (Å²) in [5.74, 6) is 0. The normalized spacial score (nSPS) is 36.9. The van der Waals surface area contributed by atoms with Gasteiger partial charge >= 0.3 is 0 Å². The Morgan fingerprint density at radius 2 is 1.54 bits per heavy atom. The van der Waals surface area contributed by atoms with Crippen molar-refractivity contribution in [3.8, 4) is 0 Å². The molecular weight excluding hydrogens is 160 g/mol. The van der Waals surface area contributed by atoms with E-state index in [1.807, 2.05) is 0 Å². The molecule has 2 rings (SSSR count). The van der Waals surface area contributed by atoms with Gasteiger partial charge in [-0.3, -0.25) is 0 Å². The van der Waals surface area contributed by atoms with Crippen molar-refractivity contribution in [3.63, 3.8) is 0 Å². The average Bonchev–Trinajstić information content (AvgIpc) is 2.50. The smallest absolute Gasteiger partial charge is 0.0306 e. The molecule has 2 aliphatic rings. The van der Waals surface area contributed by atoms with Crippen LogP contribution in [0.4, 0.5) is 0 Å². The van der Waals surface area contributed by atoms with E-state index in [9.17, 15) is 0 Å². The highest BCUT2D eigenvalue weighted by Crippen LogP contribution is 2.25. The fourth-order valence-corrected chi connectivity index (χ4v) is 2.70. The highest BCUT2D eigenvalue weighted by molar-refractivity contribution is 4.93. The fourth-order valence-electron chi connectivity index (χ4n) is 2.70. The first kappa shape index (κ1) is 9.47. The number of hydrogen-bond donors (Lipinski definition) is 2. The molecule has 0 aromatic rings. The maximum Gasteiger partial charge on any atom is 0.0306 e. The summed E-state index contributed by atoms with van der Waals surface area (Å²) in [6, 6.07) is 0. The summed E-state index contributed by atoms with van der Waals surface area (Å²) in [5, 5.41) is 7.35. The first-order chi connectivity index (χ1) is 6.41.